The van der Waals surface area contributed by atoms with Crippen molar-refractivity contribution in [1.29, 1.82) is 0 Å². The Morgan fingerprint density at radius 1 is 1.44 bits per heavy atom. The molecule has 0 saturated heterocycles. The lowest BCUT2D eigenvalue weighted by atomic mass is 10.1. The molecule has 18 heavy (non-hydrogen) atoms. The van der Waals surface area contributed by atoms with Crippen LogP contribution in [0.4, 0.5) is 5.95 Å². The molecule has 0 aliphatic rings. The number of tetrazole rings is 1. The summed E-state index contributed by atoms with van der Waals surface area (Å²) >= 11 is 0. The largest absolute Gasteiger partial charge is 0.465 e. The third-order valence-electron chi connectivity index (χ3n) is 2.06. The number of hydrogen-bond acceptors (Lipinski definition) is 7. The summed E-state index contributed by atoms with van der Waals surface area (Å²) in [6.45, 7) is 0. The van der Waals surface area contributed by atoms with Gasteiger partial charge in [0.15, 0.2) is 0 Å². The van der Waals surface area contributed by atoms with Crippen molar-refractivity contribution in [2.24, 2.45) is 5.10 Å². The van der Waals surface area contributed by atoms with E-state index < -0.39 is 0 Å². The second kappa shape index (κ2) is 5.53. The van der Waals surface area contributed by atoms with Crippen LogP contribution in [0.1, 0.15) is 15.9 Å². The van der Waals surface area contributed by atoms with Crippen molar-refractivity contribution in [3.63, 3.8) is 0 Å². The van der Waals surface area contributed by atoms with Crippen molar-refractivity contribution < 1.29 is 9.53 Å². The number of rotatable bonds is 4. The third-order valence-corrected chi connectivity index (χ3v) is 2.06. The molecule has 1 heterocycles. The fourth-order valence-electron chi connectivity index (χ4n) is 1.20. The number of ether oxygens (including phenoxy) is 1. The lowest BCUT2D eigenvalue weighted by Crippen LogP contribution is -2.00. The first kappa shape index (κ1) is 11.7. The predicted octanol–water partition coefficient (Wildman–Crippen LogP) is 0.432. The molecule has 1 aromatic heterocycles. The van der Waals surface area contributed by atoms with Crippen LogP contribution in [0.5, 0.6) is 0 Å². The van der Waals surface area contributed by atoms with Crippen LogP contribution in [0, 0.1) is 0 Å². The van der Waals surface area contributed by atoms with Gasteiger partial charge in [0.05, 0.1) is 18.9 Å². The molecular weight excluding hydrogens is 236 g/mol. The Morgan fingerprint density at radius 3 is 2.83 bits per heavy atom. The SMILES string of the molecule is COC(=O)c1ccc(C=NNc2nn[nH]n2)cc1. The van der Waals surface area contributed by atoms with Crippen LogP contribution in [0.3, 0.4) is 0 Å². The van der Waals surface area contributed by atoms with Gasteiger partial charge in [0.2, 0.25) is 0 Å². The van der Waals surface area contributed by atoms with Gasteiger partial charge in [-0.25, -0.2) is 10.2 Å². The summed E-state index contributed by atoms with van der Waals surface area (Å²) in [6, 6.07) is 6.80. The molecule has 0 saturated carbocycles. The number of H-pyrrole nitrogens is 1. The maximum Gasteiger partial charge on any atom is 0.337 e. The van der Waals surface area contributed by atoms with E-state index >= 15 is 0 Å². The third kappa shape index (κ3) is 2.88. The first-order valence-electron chi connectivity index (χ1n) is 5.00. The predicted molar refractivity (Wildman–Crippen MR) is 63.2 cm³/mol. The molecule has 0 aliphatic heterocycles. The van der Waals surface area contributed by atoms with E-state index in [0.717, 1.165) is 5.56 Å². The van der Waals surface area contributed by atoms with Gasteiger partial charge in [-0.2, -0.15) is 10.3 Å². The van der Waals surface area contributed by atoms with E-state index in [1.807, 2.05) is 0 Å². The minimum Gasteiger partial charge on any atom is -0.465 e. The molecule has 0 unspecified atom stereocenters. The van der Waals surface area contributed by atoms with Gasteiger partial charge in [0.1, 0.15) is 0 Å². The highest BCUT2D eigenvalue weighted by atomic mass is 16.5. The molecule has 0 fully saturated rings. The number of aromatic nitrogens is 4. The molecular formula is C10H10N6O2. The number of hydrogen-bond donors (Lipinski definition) is 2. The van der Waals surface area contributed by atoms with Crippen molar-refractivity contribution in [3.8, 4) is 0 Å². The van der Waals surface area contributed by atoms with E-state index in [2.05, 4.69) is 35.9 Å². The summed E-state index contributed by atoms with van der Waals surface area (Å²) in [4.78, 5) is 11.2. The van der Waals surface area contributed by atoms with E-state index in [1.54, 1.807) is 30.5 Å². The molecule has 0 atom stereocenters. The molecule has 0 aliphatic carbocycles. The Morgan fingerprint density at radius 2 is 2.22 bits per heavy atom. The van der Waals surface area contributed by atoms with Crippen molar-refractivity contribution >= 4 is 18.1 Å². The van der Waals surface area contributed by atoms with Crippen LogP contribution in [0.15, 0.2) is 29.4 Å². The standard InChI is InChI=1S/C10H10N6O2/c1-18-9(17)8-4-2-7(3-5-8)6-11-12-10-13-15-16-14-10/h2-6H,1H3,(H2,12,13,14,15,16). The van der Waals surface area contributed by atoms with Crippen molar-refractivity contribution in [2.75, 3.05) is 12.5 Å². The molecule has 2 N–H and O–H groups in total. The first-order chi connectivity index (χ1) is 8.79. The summed E-state index contributed by atoms with van der Waals surface area (Å²) in [6.07, 6.45) is 1.57. The summed E-state index contributed by atoms with van der Waals surface area (Å²) in [7, 11) is 1.34. The zero-order valence-corrected chi connectivity index (χ0v) is 9.49. The number of aromatic amines is 1. The maximum atomic E-state index is 11.2. The molecule has 8 heteroatoms. The molecule has 2 aromatic rings. The van der Waals surface area contributed by atoms with Gasteiger partial charge in [-0.1, -0.05) is 17.2 Å². The van der Waals surface area contributed by atoms with Crippen molar-refractivity contribution in [1.82, 2.24) is 20.6 Å². The van der Waals surface area contributed by atoms with Gasteiger partial charge < -0.3 is 4.74 Å². The average Bonchev–Trinajstić information content (AvgIpc) is 2.92. The highest BCUT2D eigenvalue weighted by molar-refractivity contribution is 5.90. The van der Waals surface area contributed by atoms with Crippen LogP contribution >= 0.6 is 0 Å². The fraction of sp³-hybridized carbons (Fsp3) is 0.100. The molecule has 0 spiro atoms. The molecule has 92 valence electrons. The van der Waals surface area contributed by atoms with Gasteiger partial charge in [-0.15, -0.1) is 5.10 Å². The number of nitrogens with one attached hydrogen (secondary N) is 2. The summed E-state index contributed by atoms with van der Waals surface area (Å²) in [5.74, 6) is -0.0964. The second-order valence-corrected chi connectivity index (χ2v) is 3.22. The molecule has 8 nitrogen and oxygen atoms in total. The van der Waals surface area contributed by atoms with E-state index in [-0.39, 0.29) is 11.9 Å². The first-order valence-corrected chi connectivity index (χ1v) is 5.00. The molecule has 0 radical (unpaired) electrons. The van der Waals surface area contributed by atoms with Crippen LogP contribution in [0.2, 0.25) is 0 Å². The van der Waals surface area contributed by atoms with Crippen molar-refractivity contribution in [2.45, 2.75) is 0 Å². The number of anilines is 1. The van der Waals surface area contributed by atoms with Crippen molar-refractivity contribution in [3.05, 3.63) is 35.4 Å². The lowest BCUT2D eigenvalue weighted by Gasteiger charge is -1.98. The Balaban J connectivity index is 1.97. The molecule has 0 amide bonds. The zero-order chi connectivity index (χ0) is 12.8. The fourth-order valence-corrected chi connectivity index (χ4v) is 1.20. The maximum absolute atomic E-state index is 11.2. The van der Waals surface area contributed by atoms with Gasteiger partial charge in [0.25, 0.3) is 5.95 Å². The van der Waals surface area contributed by atoms with Crippen LogP contribution < -0.4 is 5.43 Å². The van der Waals surface area contributed by atoms with Gasteiger partial charge >= 0.3 is 5.97 Å². The number of methoxy groups -OCH3 is 1. The average molecular weight is 246 g/mol. The minimum absolute atomic E-state index is 0.275. The Hall–Kier alpha value is -2.77. The smallest absolute Gasteiger partial charge is 0.337 e. The van der Waals surface area contributed by atoms with E-state index in [9.17, 15) is 4.79 Å². The monoisotopic (exact) mass is 246 g/mol. The van der Waals surface area contributed by atoms with Gasteiger partial charge in [-0.05, 0) is 22.9 Å². The molecule has 0 bridgehead atoms. The second-order valence-electron chi connectivity index (χ2n) is 3.22. The van der Waals surface area contributed by atoms with E-state index in [4.69, 9.17) is 0 Å². The quantitative estimate of drug-likeness (QED) is 0.460. The summed E-state index contributed by atoms with van der Waals surface area (Å²) < 4.78 is 4.59. The lowest BCUT2D eigenvalue weighted by molar-refractivity contribution is 0.0601. The number of nitrogens with zero attached hydrogens (tertiary/aromatic N) is 4. The Kier molecular flexibility index (Phi) is 3.59. The number of carbonyl (C=O) groups is 1. The topological polar surface area (TPSA) is 105 Å². The zero-order valence-electron chi connectivity index (χ0n) is 9.49. The highest BCUT2D eigenvalue weighted by Crippen LogP contribution is 2.04. The van der Waals surface area contributed by atoms with Crippen LogP contribution in [0.25, 0.3) is 0 Å². The van der Waals surface area contributed by atoms with E-state index in [1.165, 1.54) is 7.11 Å². The number of benzene rings is 1. The Bertz CT molecular complexity index is 534. The Labute approximate surface area is 102 Å². The van der Waals surface area contributed by atoms with Gasteiger partial charge in [0, 0.05) is 0 Å². The van der Waals surface area contributed by atoms with Crippen LogP contribution in [-0.2, 0) is 4.74 Å². The summed E-state index contributed by atoms with van der Waals surface area (Å²) in [5.41, 5.74) is 3.89. The number of carbonyl (C=O) groups excluding carboxylic acids is 1. The molecule has 2 rings (SSSR count). The van der Waals surface area contributed by atoms with Gasteiger partial charge in [-0.3, -0.25) is 0 Å². The normalized spacial score (nSPS) is 10.5. The van der Waals surface area contributed by atoms with Crippen LogP contribution in [-0.4, -0.2) is 39.9 Å². The summed E-state index contributed by atoms with van der Waals surface area (Å²) in [5, 5.41) is 16.9. The van der Waals surface area contributed by atoms with E-state index in [0.29, 0.717) is 5.56 Å². The highest BCUT2D eigenvalue weighted by Gasteiger charge is 2.03. The number of esters is 1. The minimum atomic E-state index is -0.372. The number of hydrazone groups is 1. The molecule has 1 aromatic carbocycles.